The van der Waals surface area contributed by atoms with Crippen LogP contribution in [0.1, 0.15) is 48.0 Å². The summed E-state index contributed by atoms with van der Waals surface area (Å²) >= 11 is 1.33. The molecule has 0 saturated heterocycles. The van der Waals surface area contributed by atoms with Crippen LogP contribution in [0, 0.1) is 20.8 Å². The predicted molar refractivity (Wildman–Crippen MR) is 148 cm³/mol. The number of aromatic nitrogens is 4. The zero-order chi connectivity index (χ0) is 27.8. The van der Waals surface area contributed by atoms with Gasteiger partial charge >= 0.3 is 11.9 Å². The number of thioether (sulfide) groups is 1. The Bertz CT molecular complexity index is 1750. The zero-order valence-corrected chi connectivity index (χ0v) is 23.0. The van der Waals surface area contributed by atoms with Crippen molar-refractivity contribution in [2.75, 3.05) is 20.0 Å². The van der Waals surface area contributed by atoms with Crippen LogP contribution in [0.4, 0.5) is 0 Å². The first-order chi connectivity index (χ1) is 18.7. The van der Waals surface area contributed by atoms with E-state index in [1.807, 2.05) is 60.1 Å². The first-order valence-corrected chi connectivity index (χ1v) is 13.1. The van der Waals surface area contributed by atoms with E-state index in [0.29, 0.717) is 22.1 Å². The van der Waals surface area contributed by atoms with Gasteiger partial charge in [-0.3, -0.25) is 9.20 Å². The molecular formula is C29H26N4O5S. The number of methoxy groups -OCH3 is 2. The number of ketones is 1. The highest BCUT2D eigenvalue weighted by Gasteiger charge is 2.21. The normalized spacial score (nSPS) is 11.2. The SMILES string of the molecule is COC(=O)c1cc(C(=O)OC)cc(-n2c(C)cc(C(=O)CSc3nnc4cc(C)c5ccccc5n34)c2C)c1. The van der Waals surface area contributed by atoms with Crippen molar-refractivity contribution in [1.29, 1.82) is 0 Å². The van der Waals surface area contributed by atoms with E-state index in [-0.39, 0.29) is 22.7 Å². The minimum atomic E-state index is -0.583. The molecule has 0 saturated carbocycles. The van der Waals surface area contributed by atoms with E-state index in [1.54, 1.807) is 12.1 Å². The summed E-state index contributed by atoms with van der Waals surface area (Å²) in [5.41, 5.74) is 5.76. The van der Waals surface area contributed by atoms with Gasteiger partial charge in [-0.15, -0.1) is 10.2 Å². The minimum absolute atomic E-state index is 0.0789. The molecule has 0 bridgehead atoms. The molecule has 10 heteroatoms. The third kappa shape index (κ3) is 4.67. The van der Waals surface area contributed by atoms with Gasteiger partial charge in [-0.25, -0.2) is 9.59 Å². The number of esters is 2. The van der Waals surface area contributed by atoms with Gasteiger partial charge in [-0.2, -0.15) is 0 Å². The Balaban J connectivity index is 1.48. The minimum Gasteiger partial charge on any atom is -0.465 e. The maximum Gasteiger partial charge on any atom is 0.337 e. The highest BCUT2D eigenvalue weighted by atomic mass is 32.2. The molecule has 0 N–H and O–H groups in total. The van der Waals surface area contributed by atoms with Gasteiger partial charge < -0.3 is 14.0 Å². The Morgan fingerprint density at radius 2 is 1.54 bits per heavy atom. The van der Waals surface area contributed by atoms with Crippen molar-refractivity contribution in [2.45, 2.75) is 25.9 Å². The Hall–Kier alpha value is -4.44. The van der Waals surface area contributed by atoms with Gasteiger partial charge in [0.15, 0.2) is 16.6 Å². The molecule has 0 amide bonds. The van der Waals surface area contributed by atoms with E-state index in [2.05, 4.69) is 16.3 Å². The van der Waals surface area contributed by atoms with Crippen LogP contribution in [0.15, 0.2) is 59.8 Å². The maximum absolute atomic E-state index is 13.4. The fourth-order valence-electron chi connectivity index (χ4n) is 4.83. The van der Waals surface area contributed by atoms with Crippen molar-refractivity contribution in [1.82, 2.24) is 19.2 Å². The number of Topliss-reactive ketones (excluding diaryl/α,β-unsaturated/α-hetero) is 1. The zero-order valence-electron chi connectivity index (χ0n) is 22.1. The van der Waals surface area contributed by atoms with E-state index in [4.69, 9.17) is 9.47 Å². The molecule has 9 nitrogen and oxygen atoms in total. The van der Waals surface area contributed by atoms with Crippen molar-refractivity contribution >= 4 is 46.0 Å². The number of fused-ring (bicyclic) bond motifs is 3. The van der Waals surface area contributed by atoms with Crippen molar-refractivity contribution in [2.24, 2.45) is 0 Å². The summed E-state index contributed by atoms with van der Waals surface area (Å²) in [4.78, 5) is 38.0. The van der Waals surface area contributed by atoms with Crippen LogP contribution >= 0.6 is 11.8 Å². The molecule has 5 aromatic rings. The number of benzene rings is 2. The summed E-state index contributed by atoms with van der Waals surface area (Å²) < 4.78 is 13.5. The van der Waals surface area contributed by atoms with Crippen LogP contribution in [0.5, 0.6) is 0 Å². The third-order valence-corrected chi connectivity index (χ3v) is 7.58. The van der Waals surface area contributed by atoms with Gasteiger partial charge in [0.25, 0.3) is 0 Å². The summed E-state index contributed by atoms with van der Waals surface area (Å²) in [6.45, 7) is 5.73. The fraction of sp³-hybridized carbons (Fsp3) is 0.207. The Morgan fingerprint density at radius 3 is 2.21 bits per heavy atom. The molecule has 0 aliphatic carbocycles. The molecular weight excluding hydrogens is 516 g/mol. The van der Waals surface area contributed by atoms with E-state index in [1.165, 1.54) is 32.0 Å². The van der Waals surface area contributed by atoms with Crippen molar-refractivity contribution in [3.8, 4) is 5.69 Å². The topological polar surface area (TPSA) is 105 Å². The lowest BCUT2D eigenvalue weighted by Gasteiger charge is -2.13. The molecule has 5 rings (SSSR count). The number of rotatable bonds is 7. The van der Waals surface area contributed by atoms with Gasteiger partial charge in [0.05, 0.1) is 36.6 Å². The maximum atomic E-state index is 13.4. The molecule has 3 heterocycles. The van der Waals surface area contributed by atoms with Gasteiger partial charge in [-0.05, 0) is 62.7 Å². The molecule has 0 radical (unpaired) electrons. The summed E-state index contributed by atoms with van der Waals surface area (Å²) in [5, 5.41) is 10.4. The summed E-state index contributed by atoms with van der Waals surface area (Å²) in [5.74, 6) is -1.09. The van der Waals surface area contributed by atoms with Crippen molar-refractivity contribution < 1.29 is 23.9 Å². The number of hydrogen-bond acceptors (Lipinski definition) is 8. The number of carbonyl (C=O) groups excluding carboxylic acids is 3. The lowest BCUT2D eigenvalue weighted by Crippen LogP contribution is -2.10. The van der Waals surface area contributed by atoms with Crippen LogP contribution in [-0.4, -0.2) is 56.9 Å². The van der Waals surface area contributed by atoms with Gasteiger partial charge in [-0.1, -0.05) is 30.0 Å². The second-order valence-electron chi connectivity index (χ2n) is 9.10. The van der Waals surface area contributed by atoms with E-state index >= 15 is 0 Å². The Labute approximate surface area is 228 Å². The van der Waals surface area contributed by atoms with Gasteiger partial charge in [0.2, 0.25) is 0 Å². The summed E-state index contributed by atoms with van der Waals surface area (Å²) in [6, 6.07) is 16.5. The second-order valence-corrected chi connectivity index (χ2v) is 10.0. The van der Waals surface area contributed by atoms with E-state index in [0.717, 1.165) is 27.8 Å². The number of nitrogens with zero attached hydrogens (tertiary/aromatic N) is 4. The number of hydrogen-bond donors (Lipinski definition) is 0. The standard InChI is InChI=1S/C29H26N4O5S/c1-16-10-26-30-31-29(33(26)24-9-7-6-8-22(16)24)39-15-25(34)23-11-17(2)32(18(23)3)21-13-19(27(35)37-4)12-20(14-21)28(36)38-5/h6-14H,15H2,1-5H3. The quantitative estimate of drug-likeness (QED) is 0.158. The average Bonchev–Trinajstić information content (AvgIpc) is 3.49. The molecule has 0 spiro atoms. The lowest BCUT2D eigenvalue weighted by molar-refractivity contribution is 0.0598. The Morgan fingerprint density at radius 1 is 0.872 bits per heavy atom. The van der Waals surface area contributed by atoms with Crippen molar-refractivity contribution in [3.63, 3.8) is 0 Å². The van der Waals surface area contributed by atoms with Crippen LogP contribution in [0.3, 0.4) is 0 Å². The average molecular weight is 543 g/mol. The largest absolute Gasteiger partial charge is 0.465 e. The highest BCUT2D eigenvalue weighted by Crippen LogP contribution is 2.28. The number of ether oxygens (including phenoxy) is 2. The van der Waals surface area contributed by atoms with Crippen molar-refractivity contribution in [3.05, 3.63) is 88.2 Å². The Kier molecular flexibility index (Phi) is 6.96. The van der Waals surface area contributed by atoms with Crippen LogP contribution < -0.4 is 0 Å². The van der Waals surface area contributed by atoms with Gasteiger partial charge in [0.1, 0.15) is 0 Å². The first kappa shape index (κ1) is 26.2. The smallest absolute Gasteiger partial charge is 0.337 e. The molecule has 39 heavy (non-hydrogen) atoms. The van der Waals surface area contributed by atoms with Crippen LogP contribution in [-0.2, 0) is 9.47 Å². The van der Waals surface area contributed by atoms with Crippen LogP contribution in [0.25, 0.3) is 22.2 Å². The van der Waals surface area contributed by atoms with Gasteiger partial charge in [0, 0.05) is 28.0 Å². The number of para-hydroxylation sites is 1. The molecule has 0 aliphatic rings. The molecule has 0 fully saturated rings. The number of carbonyl (C=O) groups is 3. The molecule has 198 valence electrons. The fourth-order valence-corrected chi connectivity index (χ4v) is 5.67. The second kappa shape index (κ2) is 10.4. The monoisotopic (exact) mass is 542 g/mol. The molecule has 0 aliphatic heterocycles. The summed E-state index contributed by atoms with van der Waals surface area (Å²) in [7, 11) is 2.55. The summed E-state index contributed by atoms with van der Waals surface area (Å²) in [6.07, 6.45) is 0. The molecule has 0 atom stereocenters. The lowest BCUT2D eigenvalue weighted by atomic mass is 10.1. The third-order valence-electron chi connectivity index (χ3n) is 6.66. The molecule has 2 aromatic carbocycles. The van der Waals surface area contributed by atoms with E-state index < -0.39 is 11.9 Å². The highest BCUT2D eigenvalue weighted by molar-refractivity contribution is 7.99. The molecule has 0 unspecified atom stereocenters. The molecule has 3 aromatic heterocycles. The van der Waals surface area contributed by atoms with E-state index in [9.17, 15) is 14.4 Å². The van der Waals surface area contributed by atoms with Crippen LogP contribution in [0.2, 0.25) is 0 Å². The first-order valence-electron chi connectivity index (χ1n) is 12.1. The number of aryl methyl sites for hydroxylation is 2. The number of pyridine rings is 1. The predicted octanol–water partition coefficient (Wildman–Crippen LogP) is 5.15.